The minimum atomic E-state index is -0.402. The normalized spacial score (nSPS) is 16.3. The molecule has 0 heterocycles. The van der Waals surface area contributed by atoms with Crippen molar-refractivity contribution in [2.75, 3.05) is 5.32 Å². The molecule has 98 valence electrons. The summed E-state index contributed by atoms with van der Waals surface area (Å²) < 4.78 is 14.4. The third kappa shape index (κ3) is 3.83. The molecule has 0 atom stereocenters. The number of rotatable bonds is 2. The predicted molar refractivity (Wildman–Crippen MR) is 78.1 cm³/mol. The van der Waals surface area contributed by atoms with Crippen LogP contribution >= 0.6 is 22.6 Å². The Labute approximate surface area is 120 Å². The Morgan fingerprint density at radius 2 is 2.00 bits per heavy atom. The molecule has 3 nitrogen and oxygen atoms in total. The molecule has 2 N–H and O–H groups in total. The number of carbonyl (C=O) groups is 1. The fourth-order valence-corrected chi connectivity index (χ4v) is 2.63. The van der Waals surface area contributed by atoms with Gasteiger partial charge >= 0.3 is 6.03 Å². The van der Waals surface area contributed by atoms with Crippen molar-refractivity contribution in [3.05, 3.63) is 27.6 Å². The van der Waals surface area contributed by atoms with Gasteiger partial charge in [0, 0.05) is 9.61 Å². The van der Waals surface area contributed by atoms with E-state index in [1.54, 1.807) is 12.1 Å². The van der Waals surface area contributed by atoms with E-state index in [-0.39, 0.29) is 17.8 Å². The molecule has 2 amide bonds. The van der Waals surface area contributed by atoms with Crippen molar-refractivity contribution in [3.63, 3.8) is 0 Å². The minimum Gasteiger partial charge on any atom is -0.335 e. The summed E-state index contributed by atoms with van der Waals surface area (Å²) >= 11 is 2.03. The number of amides is 2. The number of carbonyl (C=O) groups excluding carboxylic acids is 1. The highest BCUT2D eigenvalue weighted by atomic mass is 127. The van der Waals surface area contributed by atoms with Crippen LogP contribution in [0.4, 0.5) is 14.9 Å². The lowest BCUT2D eigenvalue weighted by molar-refractivity contribution is 0.244. The standard InChI is InChI=1S/C13H16FIN2O/c14-11-8-9(15)6-7-12(11)17-13(18)16-10-4-2-1-3-5-10/h6-8,10H,1-5H2,(H2,16,17,18). The van der Waals surface area contributed by atoms with Gasteiger partial charge in [0.25, 0.3) is 0 Å². The van der Waals surface area contributed by atoms with E-state index >= 15 is 0 Å². The van der Waals surface area contributed by atoms with Gasteiger partial charge in [0.2, 0.25) is 0 Å². The molecule has 1 saturated carbocycles. The summed E-state index contributed by atoms with van der Waals surface area (Å²) in [5.74, 6) is -0.402. The number of nitrogens with one attached hydrogen (secondary N) is 2. The van der Waals surface area contributed by atoms with E-state index in [4.69, 9.17) is 0 Å². The molecule has 2 rings (SSSR count). The van der Waals surface area contributed by atoms with Crippen LogP contribution < -0.4 is 10.6 Å². The molecule has 1 aromatic carbocycles. The zero-order valence-electron chi connectivity index (χ0n) is 10.0. The van der Waals surface area contributed by atoms with Crippen molar-refractivity contribution < 1.29 is 9.18 Å². The molecule has 0 bridgehead atoms. The summed E-state index contributed by atoms with van der Waals surface area (Å²) in [4.78, 5) is 11.7. The maximum atomic E-state index is 13.5. The Hall–Kier alpha value is -0.850. The highest BCUT2D eigenvalue weighted by molar-refractivity contribution is 14.1. The van der Waals surface area contributed by atoms with Crippen LogP contribution in [0.1, 0.15) is 32.1 Å². The molecule has 0 aromatic heterocycles. The second-order valence-electron chi connectivity index (χ2n) is 4.56. The quantitative estimate of drug-likeness (QED) is 0.771. The third-order valence-electron chi connectivity index (χ3n) is 3.12. The Morgan fingerprint density at radius 3 is 2.67 bits per heavy atom. The first-order chi connectivity index (χ1) is 8.65. The maximum absolute atomic E-state index is 13.5. The van der Waals surface area contributed by atoms with Crippen molar-refractivity contribution in [2.24, 2.45) is 0 Å². The summed E-state index contributed by atoms with van der Waals surface area (Å²) in [6.07, 6.45) is 5.59. The summed E-state index contributed by atoms with van der Waals surface area (Å²) in [5.41, 5.74) is 0.226. The summed E-state index contributed by atoms with van der Waals surface area (Å²) in [6.45, 7) is 0. The molecular formula is C13H16FIN2O. The van der Waals surface area contributed by atoms with E-state index in [9.17, 15) is 9.18 Å². The summed E-state index contributed by atoms with van der Waals surface area (Å²) in [6, 6.07) is 4.65. The van der Waals surface area contributed by atoms with Crippen LogP contribution in [-0.4, -0.2) is 12.1 Å². The van der Waals surface area contributed by atoms with Crippen LogP contribution in [0, 0.1) is 9.39 Å². The fourth-order valence-electron chi connectivity index (χ4n) is 2.18. The third-order valence-corrected chi connectivity index (χ3v) is 3.79. The van der Waals surface area contributed by atoms with E-state index in [2.05, 4.69) is 10.6 Å². The van der Waals surface area contributed by atoms with Gasteiger partial charge in [0.1, 0.15) is 5.82 Å². The van der Waals surface area contributed by atoms with Crippen LogP contribution in [0.3, 0.4) is 0 Å². The molecule has 18 heavy (non-hydrogen) atoms. The van der Waals surface area contributed by atoms with Crippen LogP contribution in [0.5, 0.6) is 0 Å². The smallest absolute Gasteiger partial charge is 0.319 e. The van der Waals surface area contributed by atoms with Crippen LogP contribution in [-0.2, 0) is 0 Å². The van der Waals surface area contributed by atoms with E-state index in [0.717, 1.165) is 29.3 Å². The molecule has 5 heteroatoms. The van der Waals surface area contributed by atoms with E-state index in [1.165, 1.54) is 12.5 Å². The van der Waals surface area contributed by atoms with Crippen molar-refractivity contribution in [2.45, 2.75) is 38.1 Å². The topological polar surface area (TPSA) is 41.1 Å². The largest absolute Gasteiger partial charge is 0.335 e. The monoisotopic (exact) mass is 362 g/mol. The average Bonchev–Trinajstić information content (AvgIpc) is 2.34. The minimum absolute atomic E-state index is 0.226. The number of anilines is 1. The van der Waals surface area contributed by atoms with Crippen molar-refractivity contribution in [3.8, 4) is 0 Å². The van der Waals surface area contributed by atoms with Crippen molar-refractivity contribution in [1.29, 1.82) is 0 Å². The van der Waals surface area contributed by atoms with Crippen LogP contribution in [0.2, 0.25) is 0 Å². The molecule has 0 spiro atoms. The van der Waals surface area contributed by atoms with E-state index < -0.39 is 5.82 Å². The Morgan fingerprint density at radius 1 is 1.28 bits per heavy atom. The number of hydrogen-bond acceptors (Lipinski definition) is 1. The highest BCUT2D eigenvalue weighted by Crippen LogP contribution is 2.19. The molecule has 0 radical (unpaired) electrons. The predicted octanol–water partition coefficient (Wildman–Crippen LogP) is 3.88. The van der Waals surface area contributed by atoms with Gasteiger partial charge in [-0.2, -0.15) is 0 Å². The van der Waals surface area contributed by atoms with Gasteiger partial charge in [-0.15, -0.1) is 0 Å². The number of benzene rings is 1. The number of halogens is 2. The zero-order valence-corrected chi connectivity index (χ0v) is 12.2. The van der Waals surface area contributed by atoms with Gasteiger partial charge in [0.15, 0.2) is 0 Å². The summed E-state index contributed by atoms with van der Waals surface area (Å²) in [5, 5.41) is 5.45. The van der Waals surface area contributed by atoms with Crippen molar-refractivity contribution >= 4 is 34.3 Å². The lowest BCUT2D eigenvalue weighted by Gasteiger charge is -2.22. The molecule has 1 aliphatic rings. The molecule has 0 saturated heterocycles. The van der Waals surface area contributed by atoms with Crippen LogP contribution in [0.15, 0.2) is 18.2 Å². The SMILES string of the molecule is O=C(Nc1ccc(I)cc1F)NC1CCCCC1. The van der Waals surface area contributed by atoms with Gasteiger partial charge in [-0.25, -0.2) is 9.18 Å². The molecule has 0 aliphatic heterocycles. The maximum Gasteiger partial charge on any atom is 0.319 e. The number of urea groups is 1. The zero-order chi connectivity index (χ0) is 13.0. The Kier molecular flexibility index (Phi) is 4.79. The molecule has 1 aliphatic carbocycles. The van der Waals surface area contributed by atoms with Gasteiger partial charge in [-0.05, 0) is 53.6 Å². The first-order valence-electron chi connectivity index (χ1n) is 6.18. The second kappa shape index (κ2) is 6.36. The van der Waals surface area contributed by atoms with E-state index in [0.29, 0.717) is 0 Å². The molecular weight excluding hydrogens is 346 g/mol. The van der Waals surface area contributed by atoms with Gasteiger partial charge < -0.3 is 10.6 Å². The van der Waals surface area contributed by atoms with Gasteiger partial charge in [-0.1, -0.05) is 19.3 Å². The molecule has 1 fully saturated rings. The first kappa shape index (κ1) is 13.6. The second-order valence-corrected chi connectivity index (χ2v) is 5.80. The molecule has 1 aromatic rings. The van der Waals surface area contributed by atoms with Crippen LogP contribution in [0.25, 0.3) is 0 Å². The van der Waals surface area contributed by atoms with E-state index in [1.807, 2.05) is 22.6 Å². The lowest BCUT2D eigenvalue weighted by Crippen LogP contribution is -2.39. The van der Waals surface area contributed by atoms with Gasteiger partial charge in [-0.3, -0.25) is 0 Å². The Bertz CT molecular complexity index is 433. The Balaban J connectivity index is 1.90. The number of hydrogen-bond donors (Lipinski definition) is 2. The molecule has 0 unspecified atom stereocenters. The highest BCUT2D eigenvalue weighted by Gasteiger charge is 2.16. The van der Waals surface area contributed by atoms with Crippen molar-refractivity contribution in [1.82, 2.24) is 5.32 Å². The first-order valence-corrected chi connectivity index (χ1v) is 7.25. The average molecular weight is 362 g/mol. The summed E-state index contributed by atoms with van der Waals surface area (Å²) in [7, 11) is 0. The van der Waals surface area contributed by atoms with Gasteiger partial charge in [0.05, 0.1) is 5.69 Å². The fraction of sp³-hybridized carbons (Fsp3) is 0.462. The lowest BCUT2D eigenvalue weighted by atomic mass is 9.96.